The summed E-state index contributed by atoms with van der Waals surface area (Å²) in [6.07, 6.45) is 6.15. The first kappa shape index (κ1) is 15.1. The largest absolute Gasteiger partial charge is 0.549 e. The highest BCUT2D eigenvalue weighted by Gasteiger charge is 2.11. The second-order valence-electron chi connectivity index (χ2n) is 4.24. The smallest absolute Gasteiger partial charge is 0.0501 e. The zero-order valence-electron chi connectivity index (χ0n) is 10.8. The number of carbonyl (C=O) groups excluding carboxylic acids is 1. The minimum atomic E-state index is -0.989. The van der Waals surface area contributed by atoms with Gasteiger partial charge in [0.05, 0.1) is 5.97 Å². The van der Waals surface area contributed by atoms with Crippen molar-refractivity contribution in [1.29, 1.82) is 0 Å². The van der Waals surface area contributed by atoms with Crippen LogP contribution in [0.25, 0.3) is 0 Å². The Labute approximate surface area is 99.0 Å². The van der Waals surface area contributed by atoms with Crippen molar-refractivity contribution in [2.75, 3.05) is 6.54 Å². The Kier molecular flexibility index (Phi) is 8.87. The van der Waals surface area contributed by atoms with Crippen LogP contribution in [-0.4, -0.2) is 18.2 Å². The minimum Gasteiger partial charge on any atom is -0.549 e. The van der Waals surface area contributed by atoms with Crippen LogP contribution in [0.2, 0.25) is 0 Å². The van der Waals surface area contributed by atoms with Crippen LogP contribution in [0.3, 0.4) is 0 Å². The Balaban J connectivity index is 4.01. The van der Waals surface area contributed by atoms with E-state index in [4.69, 9.17) is 0 Å². The molecule has 1 atom stereocenters. The Morgan fingerprint density at radius 1 is 1.19 bits per heavy atom. The van der Waals surface area contributed by atoms with E-state index in [-0.39, 0.29) is 0 Å². The van der Waals surface area contributed by atoms with E-state index in [1.165, 1.54) is 19.3 Å². The second kappa shape index (κ2) is 9.37. The number of hydrogen-bond donors (Lipinski definition) is 0. The third-order valence-corrected chi connectivity index (χ3v) is 2.74. The molecule has 3 heteroatoms. The molecular formula is C13H24NO2-. The molecule has 0 aromatic rings. The average molecular weight is 226 g/mol. The van der Waals surface area contributed by atoms with Gasteiger partial charge in [-0.05, 0) is 19.8 Å². The number of nitrogens with zero attached hydrogens (tertiary/aromatic N) is 1. The van der Waals surface area contributed by atoms with Crippen molar-refractivity contribution < 1.29 is 9.90 Å². The van der Waals surface area contributed by atoms with Crippen molar-refractivity contribution in [1.82, 2.24) is 0 Å². The van der Waals surface area contributed by atoms with Crippen LogP contribution in [0, 0.1) is 5.92 Å². The predicted octanol–water partition coefficient (Wildman–Crippen LogP) is 2.19. The van der Waals surface area contributed by atoms with Gasteiger partial charge in [0.15, 0.2) is 0 Å². The molecule has 0 amide bonds. The maximum Gasteiger partial charge on any atom is 0.0501 e. The van der Waals surface area contributed by atoms with Crippen molar-refractivity contribution >= 4 is 11.7 Å². The number of hydrogen-bond acceptors (Lipinski definition) is 3. The first-order valence-corrected chi connectivity index (χ1v) is 6.35. The fourth-order valence-electron chi connectivity index (χ4n) is 1.69. The van der Waals surface area contributed by atoms with Crippen LogP contribution in [-0.2, 0) is 4.79 Å². The van der Waals surface area contributed by atoms with Gasteiger partial charge in [-0.1, -0.05) is 39.5 Å². The summed E-state index contributed by atoms with van der Waals surface area (Å²) in [5, 5.41) is 10.9. The molecule has 0 radical (unpaired) electrons. The van der Waals surface area contributed by atoms with Crippen LogP contribution in [0.1, 0.15) is 59.3 Å². The molecule has 0 aliphatic carbocycles. The van der Waals surface area contributed by atoms with Gasteiger partial charge in [-0.3, -0.25) is 4.99 Å². The van der Waals surface area contributed by atoms with Crippen molar-refractivity contribution in [3.63, 3.8) is 0 Å². The third-order valence-electron chi connectivity index (χ3n) is 2.74. The lowest BCUT2D eigenvalue weighted by atomic mass is 9.99. The van der Waals surface area contributed by atoms with E-state index in [9.17, 15) is 9.90 Å². The van der Waals surface area contributed by atoms with Gasteiger partial charge in [0.25, 0.3) is 0 Å². The topological polar surface area (TPSA) is 52.5 Å². The number of rotatable bonds is 9. The van der Waals surface area contributed by atoms with Crippen LogP contribution in [0.4, 0.5) is 0 Å². The Morgan fingerprint density at radius 3 is 2.38 bits per heavy atom. The quantitative estimate of drug-likeness (QED) is 0.447. The zero-order chi connectivity index (χ0) is 12.4. The van der Waals surface area contributed by atoms with Crippen molar-refractivity contribution in [3.8, 4) is 0 Å². The lowest BCUT2D eigenvalue weighted by Crippen LogP contribution is -2.35. The van der Waals surface area contributed by atoms with Crippen molar-refractivity contribution in [3.05, 3.63) is 0 Å². The third kappa shape index (κ3) is 6.59. The number of unbranched alkanes of at least 4 members (excludes halogenated alkanes) is 3. The minimum absolute atomic E-state index is 0.490. The first-order chi connectivity index (χ1) is 7.63. The van der Waals surface area contributed by atoms with Crippen LogP contribution in [0.5, 0.6) is 0 Å². The summed E-state index contributed by atoms with van der Waals surface area (Å²) < 4.78 is 0. The molecule has 0 rings (SSSR count). The van der Waals surface area contributed by atoms with Gasteiger partial charge in [0.2, 0.25) is 0 Å². The molecule has 0 spiro atoms. The lowest BCUT2D eigenvalue weighted by molar-refractivity contribution is -0.309. The SMILES string of the molecule is CCCCCCN=C(C)C(CCC)C(=O)[O-]. The van der Waals surface area contributed by atoms with E-state index in [2.05, 4.69) is 11.9 Å². The summed E-state index contributed by atoms with van der Waals surface area (Å²) in [4.78, 5) is 15.2. The zero-order valence-corrected chi connectivity index (χ0v) is 10.8. The summed E-state index contributed by atoms with van der Waals surface area (Å²) in [5.74, 6) is -1.48. The number of carboxylic acid groups (broad SMARTS) is 1. The predicted molar refractivity (Wildman–Crippen MR) is 65.5 cm³/mol. The standard InChI is InChI=1S/C13H25NO2/c1-4-6-7-8-10-14-11(3)12(9-5-2)13(15)16/h12H,4-10H2,1-3H3,(H,15,16)/p-1. The normalized spacial score (nSPS) is 13.8. The lowest BCUT2D eigenvalue weighted by Gasteiger charge is -2.17. The number of aliphatic carboxylic acids is 1. The molecule has 0 fully saturated rings. The van der Waals surface area contributed by atoms with Crippen LogP contribution >= 0.6 is 0 Å². The Hall–Kier alpha value is -0.860. The Bertz CT molecular complexity index is 224. The molecule has 0 N–H and O–H groups in total. The molecule has 0 aliphatic heterocycles. The summed E-state index contributed by atoms with van der Waals surface area (Å²) in [7, 11) is 0. The molecular weight excluding hydrogens is 202 g/mol. The average Bonchev–Trinajstić information content (AvgIpc) is 2.24. The molecule has 0 saturated heterocycles. The highest BCUT2D eigenvalue weighted by atomic mass is 16.4. The molecule has 0 heterocycles. The van der Waals surface area contributed by atoms with Crippen molar-refractivity contribution in [2.24, 2.45) is 10.9 Å². The van der Waals surface area contributed by atoms with E-state index < -0.39 is 11.9 Å². The second-order valence-corrected chi connectivity index (χ2v) is 4.24. The highest BCUT2D eigenvalue weighted by Crippen LogP contribution is 2.09. The fraction of sp³-hybridized carbons (Fsp3) is 0.846. The molecule has 94 valence electrons. The monoisotopic (exact) mass is 226 g/mol. The molecule has 0 aliphatic rings. The van der Waals surface area contributed by atoms with E-state index in [0.717, 1.165) is 25.1 Å². The number of aliphatic imine (C=N–C) groups is 1. The van der Waals surface area contributed by atoms with Crippen molar-refractivity contribution in [2.45, 2.75) is 59.3 Å². The van der Waals surface area contributed by atoms with Gasteiger partial charge in [0.1, 0.15) is 0 Å². The molecule has 0 aromatic carbocycles. The molecule has 0 bridgehead atoms. The summed E-state index contributed by atoms with van der Waals surface area (Å²) >= 11 is 0. The van der Waals surface area contributed by atoms with E-state index >= 15 is 0 Å². The van der Waals surface area contributed by atoms with Gasteiger partial charge in [-0.2, -0.15) is 0 Å². The van der Waals surface area contributed by atoms with Crippen LogP contribution < -0.4 is 5.11 Å². The molecule has 16 heavy (non-hydrogen) atoms. The maximum absolute atomic E-state index is 10.9. The van der Waals surface area contributed by atoms with Gasteiger partial charge in [-0.25, -0.2) is 0 Å². The van der Waals surface area contributed by atoms with Crippen LogP contribution in [0.15, 0.2) is 4.99 Å². The van der Waals surface area contributed by atoms with Gasteiger partial charge in [0, 0.05) is 18.2 Å². The molecule has 0 saturated carbocycles. The maximum atomic E-state index is 10.9. The van der Waals surface area contributed by atoms with Gasteiger partial charge in [-0.15, -0.1) is 0 Å². The summed E-state index contributed by atoms with van der Waals surface area (Å²) in [6.45, 7) is 6.70. The van der Waals surface area contributed by atoms with E-state index in [0.29, 0.717) is 6.42 Å². The summed E-state index contributed by atoms with van der Waals surface area (Å²) in [6, 6.07) is 0. The molecule has 1 unspecified atom stereocenters. The van der Waals surface area contributed by atoms with E-state index in [1.807, 2.05) is 6.92 Å². The number of carboxylic acids is 1. The van der Waals surface area contributed by atoms with Gasteiger partial charge < -0.3 is 9.90 Å². The Morgan fingerprint density at radius 2 is 1.88 bits per heavy atom. The first-order valence-electron chi connectivity index (χ1n) is 6.35. The summed E-state index contributed by atoms with van der Waals surface area (Å²) in [5.41, 5.74) is 0.721. The van der Waals surface area contributed by atoms with Gasteiger partial charge >= 0.3 is 0 Å². The fourth-order valence-corrected chi connectivity index (χ4v) is 1.69. The van der Waals surface area contributed by atoms with E-state index in [1.54, 1.807) is 6.92 Å². The number of carbonyl (C=O) groups is 1. The molecule has 0 aromatic heterocycles. The highest BCUT2D eigenvalue weighted by molar-refractivity contribution is 5.99. The molecule has 3 nitrogen and oxygen atoms in total.